The third-order valence-electron chi connectivity index (χ3n) is 5.42. The number of aromatic nitrogens is 3. The molecule has 3 atom stereocenters. The second-order valence-corrected chi connectivity index (χ2v) is 6.68. The van der Waals surface area contributed by atoms with Crippen LogP contribution in [-0.2, 0) is 11.3 Å². The van der Waals surface area contributed by atoms with Crippen molar-refractivity contribution in [1.82, 2.24) is 20.0 Å². The number of aliphatic hydroxyl groups is 1. The minimum absolute atomic E-state index is 0.146. The van der Waals surface area contributed by atoms with E-state index in [1.165, 1.54) is 0 Å². The molecular weight excluding hydrogens is 308 g/mol. The van der Waals surface area contributed by atoms with Crippen LogP contribution in [0.3, 0.4) is 0 Å². The Labute approximate surface area is 140 Å². The number of pyridine rings is 1. The van der Waals surface area contributed by atoms with Crippen LogP contribution in [-0.4, -0.2) is 56.5 Å². The Bertz CT molecular complexity index is 692. The average molecular weight is 330 g/mol. The van der Waals surface area contributed by atoms with Gasteiger partial charge in [0.2, 0.25) is 11.7 Å². The highest BCUT2D eigenvalue weighted by Gasteiger charge is 2.50. The molecule has 1 aliphatic heterocycles. The van der Waals surface area contributed by atoms with E-state index in [9.17, 15) is 5.11 Å². The van der Waals surface area contributed by atoms with Crippen LogP contribution in [0.4, 0.5) is 0 Å². The molecule has 4 rings (SSSR count). The first-order valence-corrected chi connectivity index (χ1v) is 8.40. The summed E-state index contributed by atoms with van der Waals surface area (Å²) in [5.41, 5.74) is 0.744. The molecule has 1 saturated heterocycles. The van der Waals surface area contributed by atoms with Crippen LogP contribution in [0.15, 0.2) is 29.0 Å². The molecule has 0 radical (unpaired) electrons. The lowest BCUT2D eigenvalue weighted by Crippen LogP contribution is -2.51. The highest BCUT2D eigenvalue weighted by molar-refractivity contribution is 5.52. The molecule has 1 aliphatic carbocycles. The summed E-state index contributed by atoms with van der Waals surface area (Å²) in [5, 5.41) is 14.1. The number of aliphatic hydroxyl groups excluding tert-OH is 1. The summed E-state index contributed by atoms with van der Waals surface area (Å²) in [6.07, 6.45) is 6.59. The largest absolute Gasteiger partial charge is 0.393 e. The summed E-state index contributed by atoms with van der Waals surface area (Å²) in [6, 6.07) is 3.91. The monoisotopic (exact) mass is 330 g/mol. The zero-order valence-electron chi connectivity index (χ0n) is 13.8. The molecule has 2 aromatic heterocycles. The second kappa shape index (κ2) is 6.23. The van der Waals surface area contributed by atoms with Gasteiger partial charge in [-0.05, 0) is 37.8 Å². The van der Waals surface area contributed by atoms with E-state index in [-0.39, 0.29) is 17.7 Å². The summed E-state index contributed by atoms with van der Waals surface area (Å²) in [5.74, 6) is 1.17. The van der Waals surface area contributed by atoms with E-state index in [0.29, 0.717) is 18.3 Å². The van der Waals surface area contributed by atoms with Crippen LogP contribution >= 0.6 is 0 Å². The number of hydrogen-bond acceptors (Lipinski definition) is 7. The van der Waals surface area contributed by atoms with Gasteiger partial charge in [0.05, 0.1) is 18.2 Å². The fraction of sp³-hybridized carbons (Fsp3) is 0.588. The van der Waals surface area contributed by atoms with Crippen molar-refractivity contribution >= 4 is 0 Å². The summed E-state index contributed by atoms with van der Waals surface area (Å²) in [7, 11) is 1.78. The van der Waals surface area contributed by atoms with Crippen molar-refractivity contribution in [2.75, 3.05) is 13.7 Å². The van der Waals surface area contributed by atoms with Gasteiger partial charge in [0, 0.05) is 37.7 Å². The topological polar surface area (TPSA) is 84.5 Å². The molecule has 0 unspecified atom stereocenters. The van der Waals surface area contributed by atoms with Crippen LogP contribution in [0, 0.1) is 0 Å². The van der Waals surface area contributed by atoms with Gasteiger partial charge in [0.15, 0.2) is 0 Å². The van der Waals surface area contributed by atoms with Crippen molar-refractivity contribution in [1.29, 1.82) is 0 Å². The van der Waals surface area contributed by atoms with Crippen molar-refractivity contribution in [2.24, 2.45) is 0 Å². The van der Waals surface area contributed by atoms with E-state index in [1.807, 2.05) is 12.1 Å². The number of hydrogen-bond donors (Lipinski definition) is 1. The Hall–Kier alpha value is -1.83. The van der Waals surface area contributed by atoms with Gasteiger partial charge in [0.25, 0.3) is 0 Å². The first-order chi connectivity index (χ1) is 11.7. The quantitative estimate of drug-likeness (QED) is 0.912. The van der Waals surface area contributed by atoms with Crippen LogP contribution in [0.2, 0.25) is 0 Å². The van der Waals surface area contributed by atoms with Gasteiger partial charge >= 0.3 is 0 Å². The summed E-state index contributed by atoms with van der Waals surface area (Å²) < 4.78 is 11.3. The number of fused-ring (bicyclic) bond motifs is 1. The van der Waals surface area contributed by atoms with Crippen LogP contribution in [0.5, 0.6) is 0 Å². The summed E-state index contributed by atoms with van der Waals surface area (Å²) in [6.45, 7) is 1.50. The Morgan fingerprint density at radius 2 is 2.21 bits per heavy atom. The van der Waals surface area contributed by atoms with E-state index in [2.05, 4.69) is 20.0 Å². The second-order valence-electron chi connectivity index (χ2n) is 6.68. The molecule has 1 saturated carbocycles. The lowest BCUT2D eigenvalue weighted by Gasteiger charge is -2.42. The molecule has 1 N–H and O–H groups in total. The van der Waals surface area contributed by atoms with Crippen LogP contribution in [0.25, 0.3) is 11.4 Å². The molecule has 128 valence electrons. The van der Waals surface area contributed by atoms with Gasteiger partial charge in [-0.15, -0.1) is 0 Å². The average Bonchev–Trinajstić information content (AvgIpc) is 3.22. The zero-order valence-corrected chi connectivity index (χ0v) is 13.8. The van der Waals surface area contributed by atoms with Gasteiger partial charge in [-0.2, -0.15) is 4.98 Å². The lowest BCUT2D eigenvalue weighted by atomic mass is 9.79. The SMILES string of the molecule is CO[C@]12CC[C@@H](O)C[C@H]1N(Cc1nc(-c3ccncc3)no1)CC2. The van der Waals surface area contributed by atoms with E-state index in [4.69, 9.17) is 9.26 Å². The molecule has 0 amide bonds. The summed E-state index contributed by atoms with van der Waals surface area (Å²) in [4.78, 5) is 10.8. The van der Waals surface area contributed by atoms with Crippen LogP contribution < -0.4 is 0 Å². The highest BCUT2D eigenvalue weighted by atomic mass is 16.5. The Morgan fingerprint density at radius 1 is 1.38 bits per heavy atom. The Balaban J connectivity index is 1.51. The maximum Gasteiger partial charge on any atom is 0.241 e. The minimum atomic E-state index is -0.256. The molecule has 2 aromatic rings. The smallest absolute Gasteiger partial charge is 0.241 e. The highest BCUT2D eigenvalue weighted by Crippen LogP contribution is 2.42. The minimum Gasteiger partial charge on any atom is -0.393 e. The maximum atomic E-state index is 10.1. The van der Waals surface area contributed by atoms with E-state index in [0.717, 1.165) is 37.8 Å². The predicted octanol–water partition coefficient (Wildman–Crippen LogP) is 1.64. The number of likely N-dealkylation sites (tertiary alicyclic amines) is 1. The molecule has 24 heavy (non-hydrogen) atoms. The fourth-order valence-corrected chi connectivity index (χ4v) is 4.07. The van der Waals surface area contributed by atoms with Gasteiger partial charge in [-0.25, -0.2) is 0 Å². The third-order valence-corrected chi connectivity index (χ3v) is 5.42. The third kappa shape index (κ3) is 2.72. The molecule has 2 aliphatic rings. The fourth-order valence-electron chi connectivity index (χ4n) is 4.07. The first kappa shape index (κ1) is 15.7. The van der Waals surface area contributed by atoms with Crippen molar-refractivity contribution in [2.45, 2.75) is 50.0 Å². The van der Waals surface area contributed by atoms with Gasteiger partial charge in [-0.1, -0.05) is 5.16 Å². The number of methoxy groups -OCH3 is 1. The lowest BCUT2D eigenvalue weighted by molar-refractivity contribution is -0.0887. The van der Waals surface area contributed by atoms with E-state index in [1.54, 1.807) is 19.5 Å². The van der Waals surface area contributed by atoms with Crippen LogP contribution in [0.1, 0.15) is 31.6 Å². The number of ether oxygens (including phenoxy) is 1. The Kier molecular flexibility index (Phi) is 4.07. The molecule has 7 nitrogen and oxygen atoms in total. The number of rotatable bonds is 4. The number of nitrogens with zero attached hydrogens (tertiary/aromatic N) is 4. The van der Waals surface area contributed by atoms with Gasteiger partial charge in [-0.3, -0.25) is 9.88 Å². The molecule has 0 aromatic carbocycles. The van der Waals surface area contributed by atoms with Crippen molar-refractivity contribution < 1.29 is 14.4 Å². The summed E-state index contributed by atoms with van der Waals surface area (Å²) >= 11 is 0. The van der Waals surface area contributed by atoms with Crippen molar-refractivity contribution in [3.05, 3.63) is 30.4 Å². The van der Waals surface area contributed by atoms with Crippen molar-refractivity contribution in [3.63, 3.8) is 0 Å². The molecule has 0 spiro atoms. The molecule has 0 bridgehead atoms. The van der Waals surface area contributed by atoms with Gasteiger partial charge in [0.1, 0.15) is 0 Å². The predicted molar refractivity (Wildman–Crippen MR) is 85.9 cm³/mol. The maximum absolute atomic E-state index is 10.1. The first-order valence-electron chi connectivity index (χ1n) is 8.40. The molecule has 3 heterocycles. The van der Waals surface area contributed by atoms with E-state index >= 15 is 0 Å². The van der Waals surface area contributed by atoms with Gasteiger partial charge < -0.3 is 14.4 Å². The molecule has 7 heteroatoms. The van der Waals surface area contributed by atoms with E-state index < -0.39 is 0 Å². The molecule has 2 fully saturated rings. The normalized spacial score (nSPS) is 30.4. The Morgan fingerprint density at radius 3 is 3.00 bits per heavy atom. The molecular formula is C17H22N4O3. The standard InChI is InChI=1S/C17H22N4O3/c1-23-17-5-2-13(22)10-14(17)21(9-6-17)11-15-19-16(20-24-15)12-3-7-18-8-4-12/h3-4,7-8,13-14,22H,2,5-6,9-11H2,1H3/t13-,14-,17+/m1/s1. The van der Waals surface area contributed by atoms with Crippen molar-refractivity contribution in [3.8, 4) is 11.4 Å². The zero-order chi connectivity index (χ0) is 16.6.